The largest absolute Gasteiger partial charge is 0.396 e. The molecule has 0 spiro atoms. The molecule has 110 valence electrons. The second-order valence-electron chi connectivity index (χ2n) is 5.58. The summed E-state index contributed by atoms with van der Waals surface area (Å²) in [7, 11) is 0. The van der Waals surface area contributed by atoms with Gasteiger partial charge in [-0.05, 0) is 30.2 Å². The predicted octanol–water partition coefficient (Wildman–Crippen LogP) is 1.25. The lowest BCUT2D eigenvalue weighted by Crippen LogP contribution is -2.37. The number of benzene rings is 1. The number of aliphatic hydroxyl groups is 1. The van der Waals surface area contributed by atoms with Crippen LogP contribution in [0.1, 0.15) is 30.7 Å². The Labute approximate surface area is 120 Å². The van der Waals surface area contributed by atoms with Gasteiger partial charge >= 0.3 is 0 Å². The number of nitrogens with two attached hydrogens (primary N) is 1. The van der Waals surface area contributed by atoms with Crippen LogP contribution in [0.25, 0.3) is 0 Å². The molecule has 1 fully saturated rings. The van der Waals surface area contributed by atoms with E-state index >= 15 is 0 Å². The van der Waals surface area contributed by atoms with Gasteiger partial charge in [-0.3, -0.25) is 4.79 Å². The van der Waals surface area contributed by atoms with Crippen LogP contribution in [0.4, 0.5) is 0 Å². The number of nitrogens with one attached hydrogen (secondary N) is 1. The Morgan fingerprint density at radius 1 is 1.30 bits per heavy atom. The first kappa shape index (κ1) is 15.0. The summed E-state index contributed by atoms with van der Waals surface area (Å²) in [5.41, 5.74) is 6.70. The second kappa shape index (κ2) is 7.41. The van der Waals surface area contributed by atoms with Gasteiger partial charge in [0.1, 0.15) is 0 Å². The summed E-state index contributed by atoms with van der Waals surface area (Å²) in [5.74, 6) is 0.439. The van der Waals surface area contributed by atoms with E-state index in [1.165, 1.54) is 0 Å². The fourth-order valence-electron chi connectivity index (χ4n) is 3.06. The molecule has 1 aromatic rings. The van der Waals surface area contributed by atoms with Crippen molar-refractivity contribution in [3.05, 3.63) is 35.9 Å². The Kier molecular flexibility index (Phi) is 5.56. The minimum atomic E-state index is -0.287. The van der Waals surface area contributed by atoms with E-state index in [2.05, 4.69) is 5.32 Å². The van der Waals surface area contributed by atoms with Crippen molar-refractivity contribution in [2.75, 3.05) is 19.7 Å². The van der Waals surface area contributed by atoms with Crippen LogP contribution in [0.2, 0.25) is 0 Å². The molecule has 4 N–H and O–H groups in total. The van der Waals surface area contributed by atoms with Crippen LogP contribution in [-0.4, -0.2) is 30.7 Å². The fraction of sp³-hybridized carbons (Fsp3) is 0.562. The molecule has 2 rings (SSSR count). The number of carbonyl (C=O) groups is 1. The van der Waals surface area contributed by atoms with Crippen molar-refractivity contribution in [2.45, 2.75) is 25.2 Å². The van der Waals surface area contributed by atoms with Gasteiger partial charge in [-0.2, -0.15) is 0 Å². The summed E-state index contributed by atoms with van der Waals surface area (Å²) >= 11 is 0. The van der Waals surface area contributed by atoms with Crippen LogP contribution in [0.15, 0.2) is 30.3 Å². The van der Waals surface area contributed by atoms with Gasteiger partial charge in [-0.25, -0.2) is 0 Å². The standard InChI is InChI=1S/C16H24N2O2/c17-9-15(12-5-2-1-3-6-12)16(20)18-10-13-7-4-8-14(13)11-19/h1-3,5-6,13-15,19H,4,7-11,17H2,(H,18,20). The maximum Gasteiger partial charge on any atom is 0.228 e. The van der Waals surface area contributed by atoms with Gasteiger partial charge < -0.3 is 16.2 Å². The smallest absolute Gasteiger partial charge is 0.228 e. The second-order valence-corrected chi connectivity index (χ2v) is 5.58. The Balaban J connectivity index is 1.90. The van der Waals surface area contributed by atoms with E-state index in [1.807, 2.05) is 30.3 Å². The van der Waals surface area contributed by atoms with E-state index < -0.39 is 0 Å². The van der Waals surface area contributed by atoms with E-state index in [1.54, 1.807) is 0 Å². The lowest BCUT2D eigenvalue weighted by molar-refractivity contribution is -0.122. The highest BCUT2D eigenvalue weighted by Crippen LogP contribution is 2.30. The van der Waals surface area contributed by atoms with Gasteiger partial charge in [0, 0.05) is 19.7 Å². The third kappa shape index (κ3) is 3.58. The van der Waals surface area contributed by atoms with Crippen molar-refractivity contribution >= 4 is 5.91 Å². The number of aliphatic hydroxyl groups excluding tert-OH is 1. The Bertz CT molecular complexity index is 422. The minimum Gasteiger partial charge on any atom is -0.396 e. The fourth-order valence-corrected chi connectivity index (χ4v) is 3.06. The molecule has 20 heavy (non-hydrogen) atoms. The molecule has 4 nitrogen and oxygen atoms in total. The average Bonchev–Trinajstić information content (AvgIpc) is 2.94. The zero-order valence-electron chi connectivity index (χ0n) is 11.8. The molecule has 1 aliphatic carbocycles. The average molecular weight is 276 g/mol. The molecule has 1 aromatic carbocycles. The predicted molar refractivity (Wildman–Crippen MR) is 79.2 cm³/mol. The Morgan fingerprint density at radius 2 is 2.00 bits per heavy atom. The van der Waals surface area contributed by atoms with Crippen molar-refractivity contribution in [1.29, 1.82) is 0 Å². The number of hydrogen-bond donors (Lipinski definition) is 3. The summed E-state index contributed by atoms with van der Waals surface area (Å²) in [6.45, 7) is 1.18. The molecule has 0 bridgehead atoms. The van der Waals surface area contributed by atoms with Crippen LogP contribution in [0.5, 0.6) is 0 Å². The minimum absolute atomic E-state index is 0.0118. The maximum absolute atomic E-state index is 12.3. The van der Waals surface area contributed by atoms with E-state index in [4.69, 9.17) is 5.73 Å². The van der Waals surface area contributed by atoms with Crippen molar-refractivity contribution in [2.24, 2.45) is 17.6 Å². The summed E-state index contributed by atoms with van der Waals surface area (Å²) in [4.78, 5) is 12.3. The molecule has 0 saturated heterocycles. The zero-order chi connectivity index (χ0) is 14.4. The monoisotopic (exact) mass is 276 g/mol. The highest BCUT2D eigenvalue weighted by Gasteiger charge is 2.27. The number of hydrogen-bond acceptors (Lipinski definition) is 3. The molecule has 0 heterocycles. The molecule has 0 aliphatic heterocycles. The van der Waals surface area contributed by atoms with Crippen LogP contribution in [0.3, 0.4) is 0 Å². The van der Waals surface area contributed by atoms with E-state index in [0.717, 1.165) is 24.8 Å². The third-order valence-corrected chi connectivity index (χ3v) is 4.34. The van der Waals surface area contributed by atoms with Gasteiger partial charge in [-0.1, -0.05) is 36.8 Å². The molecule has 1 saturated carbocycles. The van der Waals surface area contributed by atoms with Crippen LogP contribution >= 0.6 is 0 Å². The Hall–Kier alpha value is -1.39. The van der Waals surface area contributed by atoms with Crippen molar-refractivity contribution in [3.63, 3.8) is 0 Å². The highest BCUT2D eigenvalue weighted by atomic mass is 16.3. The van der Waals surface area contributed by atoms with Crippen LogP contribution in [0, 0.1) is 11.8 Å². The van der Waals surface area contributed by atoms with Gasteiger partial charge in [0.25, 0.3) is 0 Å². The highest BCUT2D eigenvalue weighted by molar-refractivity contribution is 5.83. The summed E-state index contributed by atoms with van der Waals surface area (Å²) in [5, 5.41) is 12.3. The van der Waals surface area contributed by atoms with Gasteiger partial charge in [-0.15, -0.1) is 0 Å². The van der Waals surface area contributed by atoms with E-state index in [9.17, 15) is 9.90 Å². The molecule has 1 amide bonds. The van der Waals surface area contributed by atoms with Crippen LogP contribution < -0.4 is 11.1 Å². The topological polar surface area (TPSA) is 75.4 Å². The SMILES string of the molecule is NCC(C(=O)NCC1CCCC1CO)c1ccccc1. The van der Waals surface area contributed by atoms with Crippen molar-refractivity contribution in [3.8, 4) is 0 Å². The van der Waals surface area contributed by atoms with Crippen molar-refractivity contribution in [1.82, 2.24) is 5.32 Å². The number of rotatable bonds is 6. The first-order valence-corrected chi connectivity index (χ1v) is 7.39. The molecule has 0 radical (unpaired) electrons. The molecular weight excluding hydrogens is 252 g/mol. The van der Waals surface area contributed by atoms with Gasteiger partial charge in [0.15, 0.2) is 0 Å². The quantitative estimate of drug-likeness (QED) is 0.732. The first-order valence-electron chi connectivity index (χ1n) is 7.39. The first-order chi connectivity index (χ1) is 9.76. The third-order valence-electron chi connectivity index (χ3n) is 4.34. The maximum atomic E-state index is 12.3. The molecular formula is C16H24N2O2. The number of amides is 1. The zero-order valence-corrected chi connectivity index (χ0v) is 11.8. The molecule has 3 atom stereocenters. The van der Waals surface area contributed by atoms with Crippen LogP contribution in [-0.2, 0) is 4.79 Å². The Morgan fingerprint density at radius 3 is 2.65 bits per heavy atom. The van der Waals surface area contributed by atoms with E-state index in [-0.39, 0.29) is 18.4 Å². The van der Waals surface area contributed by atoms with E-state index in [0.29, 0.717) is 24.9 Å². The molecule has 4 heteroatoms. The normalized spacial score (nSPS) is 23.5. The summed E-state index contributed by atoms with van der Waals surface area (Å²) in [6.07, 6.45) is 3.30. The molecule has 1 aliphatic rings. The summed E-state index contributed by atoms with van der Waals surface area (Å²) in [6, 6.07) is 9.64. The summed E-state index contributed by atoms with van der Waals surface area (Å²) < 4.78 is 0. The van der Waals surface area contributed by atoms with Crippen molar-refractivity contribution < 1.29 is 9.90 Å². The lowest BCUT2D eigenvalue weighted by atomic mass is 9.95. The molecule has 0 aromatic heterocycles. The number of carbonyl (C=O) groups excluding carboxylic acids is 1. The van der Waals surface area contributed by atoms with Gasteiger partial charge in [0.05, 0.1) is 5.92 Å². The lowest BCUT2D eigenvalue weighted by Gasteiger charge is -2.20. The van der Waals surface area contributed by atoms with Gasteiger partial charge in [0.2, 0.25) is 5.91 Å². The molecule has 3 unspecified atom stereocenters.